The third kappa shape index (κ3) is 4.99. The van der Waals surface area contributed by atoms with Crippen LogP contribution < -0.4 is 5.73 Å². The summed E-state index contributed by atoms with van der Waals surface area (Å²) < 4.78 is 15.0. The molecular formula is C46H31N3O2S. The van der Waals surface area contributed by atoms with Crippen molar-refractivity contribution in [3.63, 3.8) is 0 Å². The monoisotopic (exact) mass is 689 g/mol. The van der Waals surface area contributed by atoms with Gasteiger partial charge in [-0.2, -0.15) is 0 Å². The lowest BCUT2D eigenvalue weighted by molar-refractivity contribution is 0.668. The van der Waals surface area contributed by atoms with Gasteiger partial charge in [0.25, 0.3) is 0 Å². The van der Waals surface area contributed by atoms with E-state index in [-0.39, 0.29) is 6.04 Å². The number of rotatable bonds is 5. The smallest absolute Gasteiger partial charge is 0.157 e. The van der Waals surface area contributed by atoms with Crippen LogP contribution in [-0.2, 0) is 0 Å². The highest BCUT2D eigenvalue weighted by molar-refractivity contribution is 7.25. The SMILES string of the molecule is CC(/N=C(\N=C(/N)c1c(-c2ccc3c(c2)sc2ccccc23)ccc2oc3ccccc3c12)c1ccc2oc3ccccc3c2c1)c1ccccc1. The number of thiophene rings is 1. The molecule has 3 heterocycles. The van der Waals surface area contributed by atoms with Crippen LogP contribution >= 0.6 is 11.3 Å². The van der Waals surface area contributed by atoms with Gasteiger partial charge in [0.2, 0.25) is 0 Å². The summed E-state index contributed by atoms with van der Waals surface area (Å²) in [6, 6.07) is 51.8. The lowest BCUT2D eigenvalue weighted by atomic mass is 9.94. The third-order valence-electron chi connectivity index (χ3n) is 9.95. The fraction of sp³-hybridized carbons (Fsp3) is 0.0435. The Morgan fingerprint density at radius 1 is 0.577 bits per heavy atom. The van der Waals surface area contributed by atoms with Crippen molar-refractivity contribution in [1.29, 1.82) is 0 Å². The van der Waals surface area contributed by atoms with Crippen LogP contribution in [-0.4, -0.2) is 11.7 Å². The van der Waals surface area contributed by atoms with Crippen LogP contribution in [0, 0.1) is 0 Å². The second kappa shape index (κ2) is 12.1. The average molecular weight is 690 g/mol. The van der Waals surface area contributed by atoms with E-state index in [1.807, 2.05) is 72.8 Å². The number of furan rings is 2. The van der Waals surface area contributed by atoms with E-state index in [9.17, 15) is 0 Å². The van der Waals surface area contributed by atoms with E-state index in [2.05, 4.69) is 85.8 Å². The Bertz CT molecular complexity index is 3060. The lowest BCUT2D eigenvalue weighted by Crippen LogP contribution is -2.18. The molecule has 0 fully saturated rings. The lowest BCUT2D eigenvalue weighted by Gasteiger charge is -2.14. The molecule has 10 rings (SSSR count). The zero-order valence-electron chi connectivity index (χ0n) is 28.2. The molecule has 0 saturated carbocycles. The molecule has 2 N–H and O–H groups in total. The van der Waals surface area contributed by atoms with Crippen molar-refractivity contribution in [3.8, 4) is 11.1 Å². The highest BCUT2D eigenvalue weighted by atomic mass is 32.1. The molecule has 0 bridgehead atoms. The normalized spacial score (nSPS) is 13.3. The summed E-state index contributed by atoms with van der Waals surface area (Å²) in [5.41, 5.74) is 15.3. The molecule has 0 saturated heterocycles. The number of amidine groups is 2. The van der Waals surface area contributed by atoms with Gasteiger partial charge in [-0.1, -0.05) is 97.1 Å². The van der Waals surface area contributed by atoms with Gasteiger partial charge in [0.1, 0.15) is 28.2 Å². The zero-order chi connectivity index (χ0) is 34.8. The number of benzene rings is 7. The molecule has 0 aliphatic carbocycles. The molecule has 52 heavy (non-hydrogen) atoms. The molecule has 0 aliphatic heterocycles. The Kier molecular flexibility index (Phi) is 7.05. The van der Waals surface area contributed by atoms with Gasteiger partial charge in [0, 0.05) is 52.8 Å². The summed E-state index contributed by atoms with van der Waals surface area (Å²) in [5, 5.41) is 6.47. The first kappa shape index (κ1) is 30.3. The van der Waals surface area contributed by atoms with Crippen LogP contribution in [0.4, 0.5) is 0 Å². The molecule has 0 amide bonds. The second-order valence-electron chi connectivity index (χ2n) is 13.1. The van der Waals surface area contributed by atoms with Gasteiger partial charge in [0.15, 0.2) is 5.84 Å². The van der Waals surface area contributed by atoms with Crippen LogP contribution in [0.3, 0.4) is 0 Å². The molecule has 1 atom stereocenters. The molecule has 0 radical (unpaired) electrons. The molecule has 6 heteroatoms. The number of fused-ring (bicyclic) bond motifs is 9. The van der Waals surface area contributed by atoms with Gasteiger partial charge in [0.05, 0.1) is 6.04 Å². The summed E-state index contributed by atoms with van der Waals surface area (Å²) in [6.07, 6.45) is 0. The number of para-hydroxylation sites is 2. The number of hydrogen-bond donors (Lipinski definition) is 1. The van der Waals surface area contributed by atoms with E-state index < -0.39 is 0 Å². The minimum Gasteiger partial charge on any atom is -0.456 e. The van der Waals surface area contributed by atoms with Gasteiger partial charge in [-0.3, -0.25) is 4.99 Å². The molecule has 7 aromatic carbocycles. The third-order valence-corrected chi connectivity index (χ3v) is 11.1. The Hall–Kier alpha value is -6.50. The zero-order valence-corrected chi connectivity index (χ0v) is 29.0. The van der Waals surface area contributed by atoms with E-state index >= 15 is 0 Å². The maximum atomic E-state index is 7.27. The fourth-order valence-electron chi connectivity index (χ4n) is 7.41. The summed E-state index contributed by atoms with van der Waals surface area (Å²) in [7, 11) is 0. The second-order valence-corrected chi connectivity index (χ2v) is 14.2. The van der Waals surface area contributed by atoms with Crippen LogP contribution in [0.1, 0.15) is 29.7 Å². The van der Waals surface area contributed by atoms with Gasteiger partial charge >= 0.3 is 0 Å². The molecule has 248 valence electrons. The highest BCUT2D eigenvalue weighted by Crippen LogP contribution is 2.40. The van der Waals surface area contributed by atoms with E-state index in [4.69, 9.17) is 24.6 Å². The number of nitrogens with zero attached hydrogens (tertiary/aromatic N) is 2. The van der Waals surface area contributed by atoms with Crippen molar-refractivity contribution in [2.75, 3.05) is 0 Å². The minimum absolute atomic E-state index is 0.176. The number of aliphatic imine (C=N–C) groups is 2. The molecule has 5 nitrogen and oxygen atoms in total. The van der Waals surface area contributed by atoms with Crippen LogP contribution in [0.5, 0.6) is 0 Å². The molecule has 0 aliphatic rings. The Morgan fingerprint density at radius 3 is 2.08 bits per heavy atom. The van der Waals surface area contributed by atoms with Gasteiger partial charge in [-0.15, -0.1) is 11.3 Å². The summed E-state index contributed by atoms with van der Waals surface area (Å²) in [4.78, 5) is 10.5. The maximum absolute atomic E-state index is 7.27. The molecule has 3 aromatic heterocycles. The summed E-state index contributed by atoms with van der Waals surface area (Å²) in [5.74, 6) is 0.900. The number of nitrogens with two attached hydrogens (primary N) is 1. The molecule has 0 spiro atoms. The topological polar surface area (TPSA) is 77.0 Å². The van der Waals surface area contributed by atoms with Crippen LogP contribution in [0.2, 0.25) is 0 Å². The average Bonchev–Trinajstić information content (AvgIpc) is 3.88. The maximum Gasteiger partial charge on any atom is 0.157 e. The highest BCUT2D eigenvalue weighted by Gasteiger charge is 2.21. The van der Waals surface area contributed by atoms with Gasteiger partial charge in [-0.05, 0) is 78.2 Å². The van der Waals surface area contributed by atoms with Crippen molar-refractivity contribution < 1.29 is 8.83 Å². The Balaban J connectivity index is 1.21. The van der Waals surface area contributed by atoms with Crippen LogP contribution in [0.15, 0.2) is 170 Å². The first-order valence-corrected chi connectivity index (χ1v) is 18.2. The van der Waals surface area contributed by atoms with Crippen molar-refractivity contribution in [1.82, 2.24) is 0 Å². The summed E-state index contributed by atoms with van der Waals surface area (Å²) >= 11 is 1.80. The minimum atomic E-state index is -0.176. The first-order valence-electron chi connectivity index (χ1n) is 17.3. The summed E-state index contributed by atoms with van der Waals surface area (Å²) in [6.45, 7) is 2.09. The molecular weight excluding hydrogens is 659 g/mol. The van der Waals surface area contributed by atoms with Crippen molar-refractivity contribution in [2.24, 2.45) is 15.7 Å². The van der Waals surface area contributed by atoms with Crippen molar-refractivity contribution >= 4 is 87.1 Å². The van der Waals surface area contributed by atoms with Gasteiger partial charge in [-0.25, -0.2) is 4.99 Å². The fourth-order valence-corrected chi connectivity index (χ4v) is 8.55. The van der Waals surface area contributed by atoms with E-state index in [1.54, 1.807) is 11.3 Å². The van der Waals surface area contributed by atoms with Crippen molar-refractivity contribution in [2.45, 2.75) is 13.0 Å². The predicted molar refractivity (Wildman–Crippen MR) is 218 cm³/mol. The van der Waals surface area contributed by atoms with Crippen molar-refractivity contribution in [3.05, 3.63) is 168 Å². The number of hydrogen-bond acceptors (Lipinski definition) is 4. The molecule has 10 aromatic rings. The Morgan fingerprint density at radius 2 is 1.23 bits per heavy atom. The van der Waals surface area contributed by atoms with E-state index in [1.165, 1.54) is 20.2 Å². The standard InChI is InChI=1S/C46H31N3O2S/c1-27(28-11-3-2-4-12-28)48-46(30-20-23-39-36(25-30)32-13-5-8-16-37(32)50-39)49-45(47)44-31(22-24-40-43(44)35-15-6-9-17-38(35)51-40)29-19-21-34-33-14-7-10-18-41(33)52-42(34)26-29/h2-27H,1H3,(H2,47,48,49). The van der Waals surface area contributed by atoms with Gasteiger partial charge < -0.3 is 14.6 Å². The predicted octanol–water partition coefficient (Wildman–Crippen LogP) is 12.4. The molecule has 1 unspecified atom stereocenters. The van der Waals surface area contributed by atoms with E-state index in [0.29, 0.717) is 11.7 Å². The van der Waals surface area contributed by atoms with Crippen LogP contribution in [0.25, 0.3) is 75.2 Å². The van der Waals surface area contributed by atoms with E-state index in [0.717, 1.165) is 71.7 Å². The first-order chi connectivity index (χ1) is 25.6. The Labute approximate surface area is 303 Å². The largest absolute Gasteiger partial charge is 0.456 e. The quantitative estimate of drug-likeness (QED) is 0.144.